The first kappa shape index (κ1) is 27.4. The van der Waals surface area contributed by atoms with Crippen LogP contribution in [0.2, 0.25) is 0 Å². The average molecular weight is 544 g/mol. The lowest BCUT2D eigenvalue weighted by Gasteiger charge is -2.37. The Morgan fingerprint density at radius 2 is 1.74 bits per heavy atom. The van der Waals surface area contributed by atoms with Crippen molar-refractivity contribution in [2.75, 3.05) is 14.2 Å². The summed E-state index contributed by atoms with van der Waals surface area (Å²) in [5.74, 6) is 0.814. The van der Waals surface area contributed by atoms with E-state index in [0.717, 1.165) is 64.9 Å². The first-order valence-electron chi connectivity index (χ1n) is 13.9. The number of hydrogen-bond donors (Lipinski definition) is 1. The van der Waals surface area contributed by atoms with Gasteiger partial charge in [-0.3, -0.25) is 9.78 Å². The number of aryl methyl sites for hydroxylation is 3. The number of ether oxygens (including phenoxy) is 1. The molecule has 1 N–H and O–H groups in total. The Morgan fingerprint density at radius 1 is 1.03 bits per heavy atom. The maximum Gasteiger partial charge on any atom is 0.252 e. The summed E-state index contributed by atoms with van der Waals surface area (Å²) < 4.78 is 5.78. The third-order valence-electron chi connectivity index (χ3n) is 8.52. The van der Waals surface area contributed by atoms with Crippen LogP contribution in [0.5, 0.6) is 5.75 Å². The van der Waals surface area contributed by atoms with E-state index in [1.165, 1.54) is 11.1 Å². The minimum Gasteiger partial charge on any atom is -0.496 e. The van der Waals surface area contributed by atoms with E-state index in [9.17, 15) is 4.79 Å². The van der Waals surface area contributed by atoms with Gasteiger partial charge in [-0.2, -0.15) is 0 Å². The van der Waals surface area contributed by atoms with E-state index in [1.54, 1.807) is 7.11 Å². The van der Waals surface area contributed by atoms with E-state index in [-0.39, 0.29) is 11.9 Å². The SMILES string of the molecule is CNC1CCC(N(Cc2cc(-c3ccc(C)nc3)ccc2OC)C(=O)C2=C(Cl)c3c(C)ccc(C)c3C2)CC1. The second kappa shape index (κ2) is 11.5. The molecular weight excluding hydrogens is 506 g/mol. The number of aromatic nitrogens is 1. The van der Waals surface area contributed by atoms with Gasteiger partial charge < -0.3 is 15.0 Å². The summed E-state index contributed by atoms with van der Waals surface area (Å²) in [5.41, 5.74) is 9.27. The number of hydrogen-bond acceptors (Lipinski definition) is 4. The molecule has 204 valence electrons. The molecule has 0 unspecified atom stereocenters. The monoisotopic (exact) mass is 543 g/mol. The standard InChI is InChI=1S/C33H38ClN3O2/c1-20-6-7-21(2)31-28(20)17-29(32(31)34)33(38)37(27-13-11-26(35-4)12-14-27)19-25-16-23(10-15-30(25)39-5)24-9-8-22(3)36-18-24/h6-10,15-16,18,26-27,35H,11-14,17,19H2,1-5H3. The second-order valence-corrected chi connectivity index (χ2v) is 11.3. The highest BCUT2D eigenvalue weighted by Gasteiger charge is 2.35. The van der Waals surface area contributed by atoms with Gasteiger partial charge in [-0.05, 0) is 94.0 Å². The Hall–Kier alpha value is -3.15. The van der Waals surface area contributed by atoms with Crippen LogP contribution in [0.4, 0.5) is 0 Å². The van der Waals surface area contributed by atoms with Crippen LogP contribution < -0.4 is 10.1 Å². The zero-order valence-corrected chi connectivity index (χ0v) is 24.4. The number of methoxy groups -OCH3 is 1. The van der Waals surface area contributed by atoms with E-state index in [4.69, 9.17) is 16.3 Å². The van der Waals surface area contributed by atoms with Crippen LogP contribution in [-0.4, -0.2) is 42.0 Å². The molecule has 1 heterocycles. The summed E-state index contributed by atoms with van der Waals surface area (Å²) in [7, 11) is 3.71. The predicted molar refractivity (Wildman–Crippen MR) is 159 cm³/mol. The average Bonchev–Trinajstić information content (AvgIpc) is 3.32. The van der Waals surface area contributed by atoms with Crippen molar-refractivity contribution in [2.45, 2.75) is 71.5 Å². The van der Waals surface area contributed by atoms with Gasteiger partial charge in [-0.25, -0.2) is 0 Å². The van der Waals surface area contributed by atoms with Gasteiger partial charge in [0.05, 0.1) is 12.1 Å². The summed E-state index contributed by atoms with van der Waals surface area (Å²) in [6.45, 7) is 6.62. The van der Waals surface area contributed by atoms with Gasteiger partial charge in [0.25, 0.3) is 5.91 Å². The number of amides is 1. The van der Waals surface area contributed by atoms with Crippen LogP contribution in [0.25, 0.3) is 16.2 Å². The lowest BCUT2D eigenvalue weighted by atomic mass is 9.89. The zero-order valence-electron chi connectivity index (χ0n) is 23.6. The number of carbonyl (C=O) groups excluding carboxylic acids is 1. The minimum atomic E-state index is 0.0346. The molecule has 0 radical (unpaired) electrons. The topological polar surface area (TPSA) is 54.5 Å². The molecule has 0 atom stereocenters. The van der Waals surface area contributed by atoms with E-state index in [0.29, 0.717) is 29.6 Å². The Balaban J connectivity index is 1.52. The Kier molecular flexibility index (Phi) is 8.11. The second-order valence-electron chi connectivity index (χ2n) is 11.0. The number of pyridine rings is 1. The fourth-order valence-corrected chi connectivity index (χ4v) is 6.51. The molecule has 0 saturated heterocycles. The molecule has 0 aliphatic heterocycles. The van der Waals surface area contributed by atoms with Crippen molar-refractivity contribution in [1.29, 1.82) is 0 Å². The lowest BCUT2D eigenvalue weighted by Crippen LogP contribution is -2.45. The molecule has 5 rings (SSSR count). The molecule has 39 heavy (non-hydrogen) atoms. The van der Waals surface area contributed by atoms with Gasteiger partial charge in [-0.1, -0.05) is 35.9 Å². The van der Waals surface area contributed by atoms with Crippen molar-refractivity contribution in [3.8, 4) is 16.9 Å². The number of nitrogens with one attached hydrogen (secondary N) is 1. The molecule has 1 saturated carbocycles. The summed E-state index contributed by atoms with van der Waals surface area (Å²) in [6.07, 6.45) is 6.47. The Labute approximate surface area is 237 Å². The van der Waals surface area contributed by atoms with Crippen LogP contribution in [-0.2, 0) is 17.8 Å². The normalized spacial score (nSPS) is 18.7. The summed E-state index contributed by atoms with van der Waals surface area (Å²) in [6, 6.07) is 15.1. The molecule has 2 aliphatic rings. The van der Waals surface area contributed by atoms with Crippen molar-refractivity contribution < 1.29 is 9.53 Å². The van der Waals surface area contributed by atoms with Crippen molar-refractivity contribution in [1.82, 2.24) is 15.2 Å². The number of nitrogens with zero attached hydrogens (tertiary/aromatic N) is 2. The fourth-order valence-electron chi connectivity index (χ4n) is 6.10. The molecule has 2 aromatic carbocycles. The number of carbonyl (C=O) groups is 1. The van der Waals surface area contributed by atoms with Gasteiger partial charge in [-0.15, -0.1) is 0 Å². The third kappa shape index (κ3) is 5.48. The number of halogens is 1. The van der Waals surface area contributed by atoms with Gasteiger partial charge in [0.2, 0.25) is 0 Å². The molecule has 6 heteroatoms. The number of fused-ring (bicyclic) bond motifs is 1. The van der Waals surface area contributed by atoms with Gasteiger partial charge in [0.1, 0.15) is 5.75 Å². The quantitative estimate of drug-likeness (QED) is 0.358. The smallest absolute Gasteiger partial charge is 0.252 e. The van der Waals surface area contributed by atoms with E-state index in [1.807, 2.05) is 32.3 Å². The van der Waals surface area contributed by atoms with E-state index < -0.39 is 0 Å². The number of benzene rings is 2. The molecule has 0 spiro atoms. The Bertz CT molecular complexity index is 1410. The summed E-state index contributed by atoms with van der Waals surface area (Å²) in [4.78, 5) is 21.0. The van der Waals surface area contributed by atoms with Crippen LogP contribution in [0, 0.1) is 20.8 Å². The van der Waals surface area contributed by atoms with Crippen LogP contribution in [0.3, 0.4) is 0 Å². The zero-order chi connectivity index (χ0) is 27.7. The van der Waals surface area contributed by atoms with E-state index >= 15 is 0 Å². The molecule has 1 fully saturated rings. The van der Waals surface area contributed by atoms with Crippen LogP contribution >= 0.6 is 11.6 Å². The molecule has 1 aromatic heterocycles. The van der Waals surface area contributed by atoms with Gasteiger partial charge in [0, 0.05) is 59.2 Å². The third-order valence-corrected chi connectivity index (χ3v) is 8.94. The maximum absolute atomic E-state index is 14.4. The van der Waals surface area contributed by atoms with Crippen LogP contribution in [0.15, 0.2) is 54.2 Å². The van der Waals surface area contributed by atoms with Crippen molar-refractivity contribution in [2.24, 2.45) is 0 Å². The predicted octanol–water partition coefficient (Wildman–Crippen LogP) is 6.75. The molecule has 3 aromatic rings. The van der Waals surface area contributed by atoms with Crippen molar-refractivity contribution >= 4 is 22.5 Å². The summed E-state index contributed by atoms with van der Waals surface area (Å²) in [5, 5.41) is 4.02. The molecule has 5 nitrogen and oxygen atoms in total. The molecule has 2 aliphatic carbocycles. The summed E-state index contributed by atoms with van der Waals surface area (Å²) >= 11 is 6.98. The minimum absolute atomic E-state index is 0.0346. The fraction of sp³-hybridized carbons (Fsp3) is 0.394. The van der Waals surface area contributed by atoms with E-state index in [2.05, 4.69) is 59.4 Å². The van der Waals surface area contributed by atoms with Crippen molar-refractivity contribution in [3.63, 3.8) is 0 Å². The largest absolute Gasteiger partial charge is 0.496 e. The Morgan fingerprint density at radius 3 is 2.38 bits per heavy atom. The first-order chi connectivity index (χ1) is 18.8. The van der Waals surface area contributed by atoms with Crippen molar-refractivity contribution in [3.05, 3.63) is 87.7 Å². The highest BCUT2D eigenvalue weighted by Crippen LogP contribution is 2.41. The highest BCUT2D eigenvalue weighted by molar-refractivity contribution is 6.52. The highest BCUT2D eigenvalue weighted by atomic mass is 35.5. The number of rotatable bonds is 7. The lowest BCUT2D eigenvalue weighted by molar-refractivity contribution is -0.130. The first-order valence-corrected chi connectivity index (χ1v) is 14.2. The maximum atomic E-state index is 14.4. The van der Waals surface area contributed by atoms with Crippen LogP contribution in [0.1, 0.15) is 59.2 Å². The molecule has 0 bridgehead atoms. The molecular formula is C33H38ClN3O2. The molecule has 1 amide bonds. The van der Waals surface area contributed by atoms with Gasteiger partial charge >= 0.3 is 0 Å². The van der Waals surface area contributed by atoms with Gasteiger partial charge in [0.15, 0.2) is 0 Å².